The number of fused-ring (bicyclic) bond motifs is 1. The number of nitrogens with two attached hydrogens (primary N) is 2. The molecule has 3 aromatic rings. The lowest BCUT2D eigenvalue weighted by molar-refractivity contribution is -0.118. The number of carbonyl (C=O) groups is 1. The summed E-state index contributed by atoms with van der Waals surface area (Å²) in [7, 11) is 0. The average Bonchev–Trinajstić information content (AvgIpc) is 2.90. The van der Waals surface area contributed by atoms with Crippen LogP contribution in [-0.4, -0.2) is 30.1 Å². The molecule has 2 heterocycles. The van der Waals surface area contributed by atoms with Crippen LogP contribution in [0.25, 0.3) is 0 Å². The summed E-state index contributed by atoms with van der Waals surface area (Å²) < 4.78 is 12.2. The van der Waals surface area contributed by atoms with E-state index in [2.05, 4.69) is 41.9 Å². The molecule has 1 unspecified atom stereocenters. The quantitative estimate of drug-likeness (QED) is 0.200. The number of anilines is 4. The molecule has 1 aliphatic heterocycles. The van der Waals surface area contributed by atoms with Gasteiger partial charge in [0.25, 0.3) is 5.91 Å². The second-order valence-corrected chi connectivity index (χ2v) is 9.21. The van der Waals surface area contributed by atoms with E-state index in [1.54, 1.807) is 12.1 Å². The van der Waals surface area contributed by atoms with E-state index in [1.807, 2.05) is 50.4 Å². The number of benzene rings is 2. The third kappa shape index (κ3) is 5.79. The summed E-state index contributed by atoms with van der Waals surface area (Å²) in [6, 6.07) is 11.9. The van der Waals surface area contributed by atoms with Gasteiger partial charge in [0.05, 0.1) is 12.3 Å². The van der Waals surface area contributed by atoms with Crippen molar-refractivity contribution < 1.29 is 14.3 Å². The standard InChI is InChI=1S/C26H24BrN9O3/c1-3-38-18-8-15(17(27)9-19(18)39-11-20(37)33-14-6-4-13(2)5-7-14)23-21-22(30)16(10-28)24(31)35-25(21)36-26(34-23)32-12-29/h4-9,23H,3,11H2,1-2H3,(H,33,37)(H6,30,31,32,34,35,36). The van der Waals surface area contributed by atoms with Crippen LogP contribution in [0.2, 0.25) is 0 Å². The van der Waals surface area contributed by atoms with E-state index in [0.29, 0.717) is 39.4 Å². The van der Waals surface area contributed by atoms with Crippen LogP contribution < -0.4 is 36.9 Å². The number of rotatable bonds is 7. The second-order valence-electron chi connectivity index (χ2n) is 8.36. The molecular formula is C26H24BrN9O3. The minimum atomic E-state index is -0.801. The van der Waals surface area contributed by atoms with Crippen LogP contribution in [0.4, 0.5) is 23.0 Å². The largest absolute Gasteiger partial charge is 0.490 e. The zero-order chi connectivity index (χ0) is 28.1. The zero-order valence-corrected chi connectivity index (χ0v) is 22.6. The first kappa shape index (κ1) is 27.0. The summed E-state index contributed by atoms with van der Waals surface area (Å²) >= 11 is 3.56. The highest BCUT2D eigenvalue weighted by atomic mass is 79.9. The zero-order valence-electron chi connectivity index (χ0n) is 21.0. The van der Waals surface area contributed by atoms with E-state index in [0.717, 1.165) is 5.56 Å². The van der Waals surface area contributed by atoms with E-state index in [9.17, 15) is 10.1 Å². The maximum atomic E-state index is 12.5. The molecule has 0 radical (unpaired) electrons. The van der Waals surface area contributed by atoms with E-state index in [-0.39, 0.29) is 41.4 Å². The highest BCUT2D eigenvalue weighted by Crippen LogP contribution is 2.45. The van der Waals surface area contributed by atoms with Crippen LogP contribution >= 0.6 is 15.9 Å². The highest BCUT2D eigenvalue weighted by Gasteiger charge is 2.31. The van der Waals surface area contributed by atoms with Crippen LogP contribution in [0, 0.1) is 29.7 Å². The fourth-order valence-corrected chi connectivity index (χ4v) is 4.46. The van der Waals surface area contributed by atoms with Crippen LogP contribution in [0.15, 0.2) is 45.9 Å². The van der Waals surface area contributed by atoms with Crippen molar-refractivity contribution in [3.8, 4) is 23.8 Å². The molecule has 0 aliphatic carbocycles. The number of halogens is 1. The predicted molar refractivity (Wildman–Crippen MR) is 150 cm³/mol. The van der Waals surface area contributed by atoms with Crippen molar-refractivity contribution in [2.24, 2.45) is 4.99 Å². The van der Waals surface area contributed by atoms with Gasteiger partial charge in [0.15, 0.2) is 24.3 Å². The number of amides is 1. The number of guanidine groups is 1. The monoisotopic (exact) mass is 589 g/mol. The van der Waals surface area contributed by atoms with E-state index in [1.165, 1.54) is 0 Å². The molecule has 1 aliphatic rings. The third-order valence-corrected chi connectivity index (χ3v) is 6.40. The molecule has 12 nitrogen and oxygen atoms in total. The lowest BCUT2D eigenvalue weighted by atomic mass is 9.95. The molecule has 0 saturated heterocycles. The SMILES string of the molecule is CCOc1cc(C2N=C(NC#N)Nc3nc(N)c(C#N)c(N)c32)c(Br)cc1OCC(=O)Nc1ccc(C)cc1. The number of aryl methyl sites for hydroxylation is 1. The van der Waals surface area contributed by atoms with Gasteiger partial charge in [0.2, 0.25) is 5.96 Å². The van der Waals surface area contributed by atoms with Crippen molar-refractivity contribution in [2.75, 3.05) is 35.3 Å². The smallest absolute Gasteiger partial charge is 0.262 e. The topological polar surface area (TPSA) is 196 Å². The van der Waals surface area contributed by atoms with Crippen LogP contribution in [0.1, 0.15) is 35.2 Å². The number of nitrogens with one attached hydrogen (secondary N) is 3. The van der Waals surface area contributed by atoms with Crippen LogP contribution in [0.5, 0.6) is 11.5 Å². The first-order valence-electron chi connectivity index (χ1n) is 11.7. The van der Waals surface area contributed by atoms with Crippen LogP contribution in [0.3, 0.4) is 0 Å². The van der Waals surface area contributed by atoms with Gasteiger partial charge in [-0.2, -0.15) is 10.5 Å². The van der Waals surface area contributed by atoms with E-state index >= 15 is 0 Å². The van der Waals surface area contributed by atoms with Crippen molar-refractivity contribution in [1.29, 1.82) is 10.5 Å². The Balaban J connectivity index is 1.69. The Hall–Kier alpha value is -5.01. The molecule has 2 aromatic carbocycles. The summed E-state index contributed by atoms with van der Waals surface area (Å²) in [5, 5.41) is 26.8. The summed E-state index contributed by atoms with van der Waals surface area (Å²) in [5.74, 6) is 0.641. The minimum absolute atomic E-state index is 0.0214. The number of nitrogen functional groups attached to an aromatic ring is 2. The molecule has 4 rings (SSSR count). The number of aromatic nitrogens is 1. The lowest BCUT2D eigenvalue weighted by Crippen LogP contribution is -2.32. The maximum absolute atomic E-state index is 12.5. The third-order valence-electron chi connectivity index (χ3n) is 5.71. The van der Waals surface area contributed by atoms with E-state index < -0.39 is 6.04 Å². The fraction of sp³-hybridized carbons (Fsp3) is 0.192. The van der Waals surface area contributed by atoms with Gasteiger partial charge in [-0.3, -0.25) is 10.1 Å². The molecule has 1 aromatic heterocycles. The minimum Gasteiger partial charge on any atom is -0.490 e. The number of hydrogen-bond donors (Lipinski definition) is 5. The molecule has 0 spiro atoms. The normalized spacial score (nSPS) is 13.6. The number of aliphatic imine (C=N–C) groups is 1. The molecule has 0 saturated carbocycles. The van der Waals surface area contributed by atoms with Gasteiger partial charge < -0.3 is 31.6 Å². The Morgan fingerprint density at radius 2 is 1.90 bits per heavy atom. The Bertz CT molecular complexity index is 1540. The summed E-state index contributed by atoms with van der Waals surface area (Å²) in [6.45, 7) is 3.83. The number of carbonyl (C=O) groups excluding carboxylic acids is 1. The van der Waals surface area contributed by atoms with Gasteiger partial charge in [-0.25, -0.2) is 9.98 Å². The highest BCUT2D eigenvalue weighted by molar-refractivity contribution is 9.10. The number of hydrogen-bond acceptors (Lipinski definition) is 11. The molecule has 13 heteroatoms. The van der Waals surface area contributed by atoms with Crippen molar-refractivity contribution in [3.63, 3.8) is 0 Å². The van der Waals surface area contributed by atoms with E-state index in [4.69, 9.17) is 26.2 Å². The molecule has 39 heavy (non-hydrogen) atoms. The average molecular weight is 590 g/mol. The molecule has 7 N–H and O–H groups in total. The Morgan fingerprint density at radius 1 is 1.18 bits per heavy atom. The van der Waals surface area contributed by atoms with Gasteiger partial charge in [-0.05, 0) is 43.7 Å². The number of nitriles is 2. The molecule has 0 bridgehead atoms. The predicted octanol–water partition coefficient (Wildman–Crippen LogP) is 3.55. The first-order chi connectivity index (χ1) is 18.7. The Kier molecular flexibility index (Phi) is 8.03. The number of ether oxygens (including phenoxy) is 2. The lowest BCUT2D eigenvalue weighted by Gasteiger charge is -2.27. The summed E-state index contributed by atoms with van der Waals surface area (Å²) in [6.07, 6.45) is 1.81. The first-order valence-corrected chi connectivity index (χ1v) is 12.5. The summed E-state index contributed by atoms with van der Waals surface area (Å²) in [5.41, 5.74) is 15.1. The Labute approximate surface area is 232 Å². The molecule has 1 atom stereocenters. The van der Waals surface area contributed by atoms with Gasteiger partial charge in [-0.15, -0.1) is 0 Å². The van der Waals surface area contributed by atoms with Gasteiger partial charge in [0, 0.05) is 15.7 Å². The molecule has 0 fully saturated rings. The number of nitrogens with zero attached hydrogens (tertiary/aromatic N) is 4. The van der Waals surface area contributed by atoms with Crippen molar-refractivity contribution in [1.82, 2.24) is 10.3 Å². The molecule has 198 valence electrons. The fourth-order valence-electron chi connectivity index (χ4n) is 3.92. The summed E-state index contributed by atoms with van der Waals surface area (Å²) in [4.78, 5) is 21.3. The maximum Gasteiger partial charge on any atom is 0.262 e. The molecule has 1 amide bonds. The Morgan fingerprint density at radius 3 is 2.56 bits per heavy atom. The van der Waals surface area contributed by atoms with Crippen molar-refractivity contribution >= 4 is 50.8 Å². The van der Waals surface area contributed by atoms with Gasteiger partial charge >= 0.3 is 0 Å². The van der Waals surface area contributed by atoms with Crippen molar-refractivity contribution in [3.05, 3.63) is 63.1 Å². The molecular weight excluding hydrogens is 566 g/mol. The van der Waals surface area contributed by atoms with Crippen LogP contribution in [-0.2, 0) is 4.79 Å². The number of pyridine rings is 1. The van der Waals surface area contributed by atoms with Gasteiger partial charge in [0.1, 0.15) is 29.3 Å². The van der Waals surface area contributed by atoms with Gasteiger partial charge in [-0.1, -0.05) is 33.6 Å². The van der Waals surface area contributed by atoms with Crippen molar-refractivity contribution in [2.45, 2.75) is 19.9 Å². The second kappa shape index (κ2) is 11.6.